The van der Waals surface area contributed by atoms with Crippen molar-refractivity contribution in [1.29, 1.82) is 0 Å². The molecule has 9 heteroatoms. The highest BCUT2D eigenvalue weighted by molar-refractivity contribution is 7.89. The van der Waals surface area contributed by atoms with Crippen LogP contribution >= 0.6 is 0 Å². The molecule has 32 heavy (non-hydrogen) atoms. The molecule has 1 aliphatic rings. The van der Waals surface area contributed by atoms with Gasteiger partial charge in [-0.25, -0.2) is 13.2 Å². The van der Waals surface area contributed by atoms with Crippen LogP contribution in [-0.4, -0.2) is 59.6 Å². The van der Waals surface area contributed by atoms with E-state index in [1.54, 1.807) is 30.5 Å². The molecule has 2 aromatic carbocycles. The number of rotatable bonds is 4. The van der Waals surface area contributed by atoms with Gasteiger partial charge in [0.05, 0.1) is 11.4 Å². The van der Waals surface area contributed by atoms with Crippen molar-refractivity contribution in [3.63, 3.8) is 0 Å². The first-order valence-electron chi connectivity index (χ1n) is 10.8. The molecule has 1 saturated heterocycles. The van der Waals surface area contributed by atoms with Gasteiger partial charge in [-0.15, -0.1) is 0 Å². The zero-order valence-electron chi connectivity index (χ0n) is 18.7. The van der Waals surface area contributed by atoms with Crippen molar-refractivity contribution in [2.45, 2.75) is 31.7 Å². The highest BCUT2D eigenvalue weighted by Crippen LogP contribution is 2.24. The SMILES string of the molecule is Cc1nn(C)c(C)c1S(=O)(=O)N1CCCN(C(=O)NCc2cccc3ccccc23)CC1. The van der Waals surface area contributed by atoms with E-state index in [1.807, 2.05) is 30.3 Å². The first-order chi connectivity index (χ1) is 15.3. The molecule has 1 aliphatic heterocycles. The number of nitrogens with zero attached hydrogens (tertiary/aromatic N) is 4. The van der Waals surface area contributed by atoms with Crippen molar-refractivity contribution < 1.29 is 13.2 Å². The summed E-state index contributed by atoms with van der Waals surface area (Å²) in [5.41, 5.74) is 2.17. The lowest BCUT2D eigenvalue weighted by Gasteiger charge is -2.22. The van der Waals surface area contributed by atoms with E-state index < -0.39 is 10.0 Å². The monoisotopic (exact) mass is 455 g/mol. The van der Waals surface area contributed by atoms with Gasteiger partial charge in [-0.05, 0) is 36.6 Å². The van der Waals surface area contributed by atoms with E-state index in [2.05, 4.69) is 22.5 Å². The Hall–Kier alpha value is -2.91. The Balaban J connectivity index is 1.42. The van der Waals surface area contributed by atoms with Crippen molar-refractivity contribution >= 4 is 26.8 Å². The molecule has 1 N–H and O–H groups in total. The van der Waals surface area contributed by atoms with E-state index in [4.69, 9.17) is 0 Å². The van der Waals surface area contributed by atoms with Gasteiger partial charge in [-0.2, -0.15) is 9.40 Å². The Labute approximate surface area is 188 Å². The minimum Gasteiger partial charge on any atom is -0.334 e. The predicted octanol–water partition coefficient (Wildman–Crippen LogP) is 2.80. The number of carbonyl (C=O) groups is 1. The lowest BCUT2D eigenvalue weighted by molar-refractivity contribution is 0.200. The van der Waals surface area contributed by atoms with Crippen LogP contribution in [0.25, 0.3) is 10.8 Å². The topological polar surface area (TPSA) is 87.5 Å². The van der Waals surface area contributed by atoms with Crippen LogP contribution in [0.3, 0.4) is 0 Å². The quantitative estimate of drug-likeness (QED) is 0.655. The van der Waals surface area contributed by atoms with E-state index in [-0.39, 0.29) is 17.5 Å². The Morgan fingerprint density at radius 1 is 1.03 bits per heavy atom. The minimum absolute atomic E-state index is 0.175. The molecule has 0 unspecified atom stereocenters. The van der Waals surface area contributed by atoms with E-state index in [1.165, 1.54) is 4.31 Å². The van der Waals surface area contributed by atoms with Crippen LogP contribution in [0.5, 0.6) is 0 Å². The van der Waals surface area contributed by atoms with Crippen LogP contribution in [0.1, 0.15) is 23.4 Å². The maximum Gasteiger partial charge on any atom is 0.317 e. The molecule has 4 rings (SSSR count). The van der Waals surface area contributed by atoms with Gasteiger partial charge < -0.3 is 10.2 Å². The van der Waals surface area contributed by atoms with Crippen molar-refractivity contribution in [2.24, 2.45) is 7.05 Å². The van der Waals surface area contributed by atoms with Crippen LogP contribution < -0.4 is 5.32 Å². The highest BCUT2D eigenvalue weighted by Gasteiger charge is 2.32. The van der Waals surface area contributed by atoms with Crippen LogP contribution in [-0.2, 0) is 23.6 Å². The summed E-state index contributed by atoms with van der Waals surface area (Å²) < 4.78 is 29.6. The molecule has 0 aliphatic carbocycles. The number of hydrogen-bond acceptors (Lipinski definition) is 4. The van der Waals surface area contributed by atoms with Gasteiger partial charge in [0, 0.05) is 39.8 Å². The van der Waals surface area contributed by atoms with Crippen LogP contribution in [0, 0.1) is 13.8 Å². The number of carbonyl (C=O) groups excluding carboxylic acids is 1. The van der Waals surface area contributed by atoms with Crippen LogP contribution in [0.4, 0.5) is 4.79 Å². The fourth-order valence-corrected chi connectivity index (χ4v) is 6.19. The van der Waals surface area contributed by atoms with Crippen molar-refractivity contribution in [3.8, 4) is 0 Å². The molecule has 0 bridgehead atoms. The molecule has 1 fully saturated rings. The second kappa shape index (κ2) is 8.91. The smallest absolute Gasteiger partial charge is 0.317 e. The summed E-state index contributed by atoms with van der Waals surface area (Å²) in [6, 6.07) is 14.0. The van der Waals surface area contributed by atoms with E-state index in [0.29, 0.717) is 44.0 Å². The summed E-state index contributed by atoms with van der Waals surface area (Å²) in [5.74, 6) is 0. The van der Waals surface area contributed by atoms with Gasteiger partial charge in [0.2, 0.25) is 10.0 Å². The molecule has 8 nitrogen and oxygen atoms in total. The van der Waals surface area contributed by atoms with Crippen molar-refractivity contribution in [3.05, 3.63) is 59.4 Å². The van der Waals surface area contributed by atoms with Crippen LogP contribution in [0.2, 0.25) is 0 Å². The average molecular weight is 456 g/mol. The summed E-state index contributed by atoms with van der Waals surface area (Å²) in [6.07, 6.45) is 0.583. The number of fused-ring (bicyclic) bond motifs is 1. The Morgan fingerprint density at radius 3 is 2.53 bits per heavy atom. The summed E-state index contributed by atoms with van der Waals surface area (Å²) >= 11 is 0. The van der Waals surface area contributed by atoms with Crippen molar-refractivity contribution in [2.75, 3.05) is 26.2 Å². The molecule has 0 spiro atoms. The summed E-state index contributed by atoms with van der Waals surface area (Å²) in [7, 11) is -1.92. The molecule has 2 amide bonds. The molecule has 0 radical (unpaired) electrons. The van der Waals surface area contributed by atoms with E-state index >= 15 is 0 Å². The van der Waals surface area contributed by atoms with Gasteiger partial charge >= 0.3 is 6.03 Å². The normalized spacial score (nSPS) is 15.7. The third-order valence-corrected chi connectivity index (χ3v) is 8.24. The van der Waals surface area contributed by atoms with Gasteiger partial charge in [0.1, 0.15) is 4.90 Å². The number of hydrogen-bond donors (Lipinski definition) is 1. The Morgan fingerprint density at radius 2 is 1.78 bits per heavy atom. The lowest BCUT2D eigenvalue weighted by Crippen LogP contribution is -2.42. The maximum atomic E-state index is 13.3. The van der Waals surface area contributed by atoms with Gasteiger partial charge in [-0.1, -0.05) is 42.5 Å². The number of aryl methyl sites for hydroxylation is 2. The molecular weight excluding hydrogens is 426 g/mol. The van der Waals surface area contributed by atoms with Gasteiger partial charge in [-0.3, -0.25) is 4.68 Å². The third-order valence-electron chi connectivity index (χ3n) is 6.09. The summed E-state index contributed by atoms with van der Waals surface area (Å²) in [6.45, 7) is 5.40. The molecule has 2 heterocycles. The van der Waals surface area contributed by atoms with Gasteiger partial charge in [0.15, 0.2) is 0 Å². The first kappa shape index (κ1) is 22.3. The second-order valence-corrected chi connectivity index (χ2v) is 10.0. The number of benzene rings is 2. The Bertz CT molecular complexity index is 1250. The number of urea groups is 1. The number of aromatic nitrogens is 2. The van der Waals surface area contributed by atoms with E-state index in [0.717, 1.165) is 16.3 Å². The molecule has 170 valence electrons. The summed E-state index contributed by atoms with van der Waals surface area (Å²) in [4.78, 5) is 14.8. The zero-order chi connectivity index (χ0) is 22.9. The molecule has 3 aromatic rings. The number of amides is 2. The molecular formula is C23H29N5O3S. The maximum absolute atomic E-state index is 13.3. The van der Waals surface area contributed by atoms with Crippen molar-refractivity contribution in [1.82, 2.24) is 24.3 Å². The predicted molar refractivity (Wildman–Crippen MR) is 124 cm³/mol. The highest BCUT2D eigenvalue weighted by atomic mass is 32.2. The number of nitrogens with one attached hydrogen (secondary N) is 1. The zero-order valence-corrected chi connectivity index (χ0v) is 19.5. The molecule has 0 saturated carbocycles. The standard InChI is InChI=1S/C23H29N5O3S/c1-17-22(18(2)26(3)25-17)32(30,31)28-13-7-12-27(14-15-28)23(29)24-16-20-10-6-9-19-8-4-5-11-21(19)20/h4-6,8-11H,7,12-16H2,1-3H3,(H,24,29). The average Bonchev–Trinajstić information content (AvgIpc) is 2.94. The van der Waals surface area contributed by atoms with E-state index in [9.17, 15) is 13.2 Å². The fourth-order valence-electron chi connectivity index (χ4n) is 4.32. The largest absolute Gasteiger partial charge is 0.334 e. The second-order valence-electron chi connectivity index (χ2n) is 8.17. The Kier molecular flexibility index (Phi) is 6.21. The molecule has 0 atom stereocenters. The van der Waals surface area contributed by atoms with Crippen LogP contribution in [0.15, 0.2) is 47.4 Å². The first-order valence-corrected chi connectivity index (χ1v) is 12.2. The summed E-state index contributed by atoms with van der Waals surface area (Å²) in [5, 5.41) is 9.50. The molecule has 1 aromatic heterocycles. The minimum atomic E-state index is -3.66. The lowest BCUT2D eigenvalue weighted by atomic mass is 10.0. The third kappa shape index (κ3) is 4.22. The van der Waals surface area contributed by atoms with Gasteiger partial charge in [0.25, 0.3) is 0 Å². The fraction of sp³-hybridized carbons (Fsp3) is 0.391. The number of sulfonamides is 1.